The van der Waals surface area contributed by atoms with Crippen molar-refractivity contribution >= 4 is 5.91 Å². The predicted molar refractivity (Wildman–Crippen MR) is 94.1 cm³/mol. The average Bonchev–Trinajstić information content (AvgIpc) is 3.09. The monoisotopic (exact) mass is 355 g/mol. The zero-order valence-corrected chi connectivity index (χ0v) is 14.4. The van der Waals surface area contributed by atoms with Gasteiger partial charge in [0.25, 0.3) is 17.0 Å². The molecule has 0 saturated heterocycles. The third-order valence-corrected chi connectivity index (χ3v) is 5.27. The van der Waals surface area contributed by atoms with Gasteiger partial charge in [-0.05, 0) is 50.5 Å². The zero-order chi connectivity index (χ0) is 18.1. The fourth-order valence-electron chi connectivity index (χ4n) is 3.89. The molecule has 2 aromatic heterocycles. The number of amides is 1. The fraction of sp³-hybridized carbons (Fsp3) is 0.500. The predicted octanol–water partition coefficient (Wildman–Crippen LogP) is 0.729. The summed E-state index contributed by atoms with van der Waals surface area (Å²) < 4.78 is 1.64. The lowest BCUT2D eigenvalue weighted by Crippen LogP contribution is -2.40. The first-order valence-electron chi connectivity index (χ1n) is 9.07. The van der Waals surface area contributed by atoms with Gasteiger partial charge in [0.15, 0.2) is 0 Å². The molecule has 8 heteroatoms. The Bertz CT molecular complexity index is 940. The van der Waals surface area contributed by atoms with Crippen molar-refractivity contribution in [3.05, 3.63) is 56.1 Å². The van der Waals surface area contributed by atoms with Crippen LogP contribution in [0.3, 0.4) is 0 Å². The molecule has 0 spiro atoms. The van der Waals surface area contributed by atoms with Gasteiger partial charge in [-0.3, -0.25) is 14.4 Å². The molecule has 4 rings (SSSR count). The summed E-state index contributed by atoms with van der Waals surface area (Å²) in [6.07, 6.45) is 7.31. The molecule has 0 aromatic carbocycles. The minimum Gasteiger partial charge on any atom is -0.348 e. The zero-order valence-electron chi connectivity index (χ0n) is 14.4. The Hall–Kier alpha value is -2.77. The average molecular weight is 355 g/mol. The molecule has 26 heavy (non-hydrogen) atoms. The lowest BCUT2D eigenvalue weighted by Gasteiger charge is -2.29. The van der Waals surface area contributed by atoms with Gasteiger partial charge < -0.3 is 10.3 Å². The fourth-order valence-corrected chi connectivity index (χ4v) is 3.89. The van der Waals surface area contributed by atoms with Gasteiger partial charge >= 0.3 is 0 Å². The maximum atomic E-state index is 12.3. The van der Waals surface area contributed by atoms with E-state index in [0.717, 1.165) is 56.2 Å². The van der Waals surface area contributed by atoms with Crippen LogP contribution in [0, 0.1) is 0 Å². The van der Waals surface area contributed by atoms with E-state index < -0.39 is 0 Å². The van der Waals surface area contributed by atoms with Crippen molar-refractivity contribution < 1.29 is 4.79 Å². The maximum absolute atomic E-state index is 12.3. The number of fused-ring (bicyclic) bond motifs is 1. The van der Waals surface area contributed by atoms with E-state index in [0.29, 0.717) is 0 Å². The molecule has 2 aliphatic rings. The summed E-state index contributed by atoms with van der Waals surface area (Å²) >= 11 is 0. The topological polar surface area (TPSA) is 110 Å². The van der Waals surface area contributed by atoms with Crippen LogP contribution in [-0.2, 0) is 12.8 Å². The summed E-state index contributed by atoms with van der Waals surface area (Å²) in [5.74, 6) is -0.340. The van der Waals surface area contributed by atoms with Crippen molar-refractivity contribution in [2.24, 2.45) is 0 Å². The van der Waals surface area contributed by atoms with Crippen molar-refractivity contribution in [3.8, 4) is 0 Å². The van der Waals surface area contributed by atoms with E-state index in [1.165, 1.54) is 12.4 Å². The van der Waals surface area contributed by atoms with Crippen LogP contribution in [0.15, 0.2) is 28.0 Å². The number of carbonyl (C=O) groups excluding carboxylic acids is 1. The first-order chi connectivity index (χ1) is 12.6. The Morgan fingerprint density at radius 1 is 1.15 bits per heavy atom. The summed E-state index contributed by atoms with van der Waals surface area (Å²) in [6, 6.07) is 3.03. The van der Waals surface area contributed by atoms with Crippen LogP contribution in [0.1, 0.15) is 59.9 Å². The number of carbonyl (C=O) groups is 1. The van der Waals surface area contributed by atoms with Crippen LogP contribution < -0.4 is 16.4 Å². The molecular weight excluding hydrogens is 334 g/mol. The highest BCUT2D eigenvalue weighted by atomic mass is 16.2. The molecule has 2 aromatic rings. The smallest absolute Gasteiger partial charge is 0.270 e. The van der Waals surface area contributed by atoms with Gasteiger partial charge in [-0.15, -0.1) is 0 Å². The minimum atomic E-state index is -0.351. The van der Waals surface area contributed by atoms with E-state index >= 15 is 0 Å². The molecule has 2 heterocycles. The Balaban J connectivity index is 1.39. The molecule has 1 amide bonds. The van der Waals surface area contributed by atoms with Gasteiger partial charge in [0.1, 0.15) is 5.69 Å². The van der Waals surface area contributed by atoms with Crippen LogP contribution in [0.25, 0.3) is 0 Å². The molecule has 2 N–H and O–H groups in total. The number of nitrogens with zero attached hydrogens (tertiary/aromatic N) is 3. The van der Waals surface area contributed by atoms with E-state index in [1.54, 1.807) is 10.7 Å². The largest absolute Gasteiger partial charge is 0.348 e. The second-order valence-corrected chi connectivity index (χ2v) is 7.03. The number of aromatic amines is 1. The van der Waals surface area contributed by atoms with Gasteiger partial charge in [-0.25, -0.2) is 9.67 Å². The number of rotatable bonds is 3. The third-order valence-electron chi connectivity index (χ3n) is 5.27. The standard InChI is InChI=1S/C18H21N5O3/c24-16-9-15(19-10-20-16)18(26)21-12-4-6-13(7-5-12)23-17(25)8-11-2-1-3-14(11)22-23/h8-10,12-13H,1-7H2,(H,21,26)(H,19,20,24). The lowest BCUT2D eigenvalue weighted by molar-refractivity contribution is 0.0916. The molecule has 1 fully saturated rings. The summed E-state index contributed by atoms with van der Waals surface area (Å²) in [5.41, 5.74) is 1.90. The minimum absolute atomic E-state index is 0.0185. The van der Waals surface area contributed by atoms with E-state index in [-0.39, 0.29) is 34.8 Å². The Morgan fingerprint density at radius 2 is 1.96 bits per heavy atom. The maximum Gasteiger partial charge on any atom is 0.270 e. The van der Waals surface area contributed by atoms with Crippen LogP contribution in [0.2, 0.25) is 0 Å². The van der Waals surface area contributed by atoms with E-state index in [1.807, 2.05) is 0 Å². The lowest BCUT2D eigenvalue weighted by atomic mass is 9.91. The normalized spacial score (nSPS) is 22.0. The van der Waals surface area contributed by atoms with E-state index in [2.05, 4.69) is 20.4 Å². The second-order valence-electron chi connectivity index (χ2n) is 7.03. The molecule has 0 aliphatic heterocycles. The van der Waals surface area contributed by atoms with Gasteiger partial charge in [-0.2, -0.15) is 5.10 Å². The SMILES string of the molecule is O=C(NC1CCC(n2nc3c(cc2=O)CCC3)CC1)c1cc(=O)[nH]cn1. The second kappa shape index (κ2) is 6.86. The van der Waals surface area contributed by atoms with Gasteiger partial charge in [0.2, 0.25) is 0 Å². The van der Waals surface area contributed by atoms with Gasteiger partial charge in [0, 0.05) is 18.2 Å². The van der Waals surface area contributed by atoms with Crippen molar-refractivity contribution in [2.75, 3.05) is 0 Å². The number of H-pyrrole nitrogens is 1. The molecule has 0 atom stereocenters. The van der Waals surface area contributed by atoms with E-state index in [4.69, 9.17) is 0 Å². The van der Waals surface area contributed by atoms with Crippen LogP contribution in [-0.4, -0.2) is 31.7 Å². The Kier molecular flexibility index (Phi) is 4.40. The van der Waals surface area contributed by atoms with Crippen LogP contribution in [0.5, 0.6) is 0 Å². The van der Waals surface area contributed by atoms with Crippen molar-refractivity contribution in [3.63, 3.8) is 0 Å². The first kappa shape index (κ1) is 16.7. The molecule has 2 aliphatic carbocycles. The van der Waals surface area contributed by atoms with Crippen molar-refractivity contribution in [1.29, 1.82) is 0 Å². The summed E-state index contributed by atoms with van der Waals surface area (Å²) in [7, 11) is 0. The molecule has 0 bridgehead atoms. The molecular formula is C18H21N5O3. The van der Waals surface area contributed by atoms with Crippen LogP contribution in [0.4, 0.5) is 0 Å². The van der Waals surface area contributed by atoms with Crippen molar-refractivity contribution in [1.82, 2.24) is 25.1 Å². The quantitative estimate of drug-likeness (QED) is 0.843. The highest BCUT2D eigenvalue weighted by molar-refractivity contribution is 5.92. The van der Waals surface area contributed by atoms with Gasteiger partial charge in [-0.1, -0.05) is 0 Å². The third kappa shape index (κ3) is 3.31. The Morgan fingerprint density at radius 3 is 2.73 bits per heavy atom. The van der Waals surface area contributed by atoms with Crippen molar-refractivity contribution in [2.45, 2.75) is 57.0 Å². The number of hydrogen-bond acceptors (Lipinski definition) is 5. The number of nitrogens with one attached hydrogen (secondary N) is 2. The first-order valence-corrected chi connectivity index (χ1v) is 9.07. The highest BCUT2D eigenvalue weighted by Crippen LogP contribution is 2.28. The highest BCUT2D eigenvalue weighted by Gasteiger charge is 2.26. The summed E-state index contributed by atoms with van der Waals surface area (Å²) in [6.45, 7) is 0. The Labute approximate surface area is 149 Å². The molecule has 0 radical (unpaired) electrons. The number of hydrogen-bond donors (Lipinski definition) is 2. The molecule has 136 valence electrons. The number of aromatic nitrogens is 4. The molecule has 0 unspecified atom stereocenters. The summed E-state index contributed by atoms with van der Waals surface area (Å²) in [5, 5.41) is 7.52. The van der Waals surface area contributed by atoms with E-state index in [9.17, 15) is 14.4 Å². The summed E-state index contributed by atoms with van der Waals surface area (Å²) in [4.78, 5) is 42.1. The molecule has 1 saturated carbocycles. The molecule has 8 nitrogen and oxygen atoms in total. The number of aryl methyl sites for hydroxylation is 2. The van der Waals surface area contributed by atoms with Crippen LogP contribution >= 0.6 is 0 Å². The van der Waals surface area contributed by atoms with Gasteiger partial charge in [0.05, 0.1) is 18.1 Å².